The van der Waals surface area contributed by atoms with Crippen LogP contribution in [-0.2, 0) is 0 Å². The van der Waals surface area contributed by atoms with Gasteiger partial charge in [0.1, 0.15) is 12.0 Å². The number of nitrogens with two attached hydrogens (primary N) is 2. The van der Waals surface area contributed by atoms with Gasteiger partial charge in [0.2, 0.25) is 5.92 Å². The van der Waals surface area contributed by atoms with Gasteiger partial charge in [-0.15, -0.1) is 10.2 Å². The number of fused-ring (bicyclic) bond motifs is 1. The molecule has 1 aliphatic carbocycles. The highest BCUT2D eigenvalue weighted by molar-refractivity contribution is 6.30. The second kappa shape index (κ2) is 8.47. The van der Waals surface area contributed by atoms with Crippen LogP contribution in [-0.4, -0.2) is 63.1 Å². The van der Waals surface area contributed by atoms with Gasteiger partial charge in [-0.3, -0.25) is 9.91 Å². The van der Waals surface area contributed by atoms with Crippen LogP contribution in [0.5, 0.6) is 0 Å². The molecule has 1 saturated heterocycles. The van der Waals surface area contributed by atoms with Crippen LogP contribution in [0.2, 0.25) is 5.02 Å². The number of anilines is 3. The fourth-order valence-electron chi connectivity index (χ4n) is 5.34. The Morgan fingerprint density at radius 1 is 1.21 bits per heavy atom. The predicted octanol–water partition coefficient (Wildman–Crippen LogP) is 2.97. The summed E-state index contributed by atoms with van der Waals surface area (Å²) in [5, 5.41) is 10.1. The van der Waals surface area contributed by atoms with E-state index in [1.807, 2.05) is 24.3 Å². The highest BCUT2D eigenvalue weighted by Crippen LogP contribution is 2.50. The van der Waals surface area contributed by atoms with E-state index in [0.29, 0.717) is 47.8 Å². The van der Waals surface area contributed by atoms with Crippen LogP contribution in [0.4, 0.5) is 26.1 Å². The Morgan fingerprint density at radius 2 is 1.91 bits per heavy atom. The van der Waals surface area contributed by atoms with Gasteiger partial charge in [0.05, 0.1) is 0 Å². The lowest BCUT2D eigenvalue weighted by atomic mass is 9.73. The van der Waals surface area contributed by atoms with Crippen LogP contribution in [0.25, 0.3) is 5.78 Å². The van der Waals surface area contributed by atoms with Crippen molar-refractivity contribution in [3.05, 3.63) is 41.2 Å². The van der Waals surface area contributed by atoms with Crippen LogP contribution in [0.3, 0.4) is 0 Å². The van der Waals surface area contributed by atoms with Crippen molar-refractivity contribution in [2.45, 2.75) is 37.8 Å². The van der Waals surface area contributed by atoms with E-state index >= 15 is 0 Å². The molecule has 0 amide bonds. The standard InChI is InChI=1S/C22H28ClF2N9/c1-13-11-32(18(15-9-22(24,25)10-15)14-3-5-16(23)6-4-14)7-8-33(13)19-17(26)20(31(2)27)34-12-28-30-21(34)29-19/h3-6,12-13,15,18H,7-11,26-27H2,1-2H3. The second-order valence-corrected chi connectivity index (χ2v) is 9.78. The number of hydrogen-bond acceptors (Lipinski definition) is 8. The van der Waals surface area contributed by atoms with Gasteiger partial charge in [-0.2, -0.15) is 4.98 Å². The largest absolute Gasteiger partial charge is 0.393 e. The highest BCUT2D eigenvalue weighted by atomic mass is 35.5. The fraction of sp³-hybridized carbons (Fsp3) is 0.500. The SMILES string of the molecule is CC1CN(C(c2ccc(Cl)cc2)C2CC(F)(F)C2)CCN1c1nc2nncn2c(N(C)N)c1N. The molecule has 2 fully saturated rings. The maximum Gasteiger partial charge on any atom is 0.258 e. The van der Waals surface area contributed by atoms with Crippen LogP contribution in [0.15, 0.2) is 30.6 Å². The number of benzene rings is 1. The first kappa shape index (κ1) is 23.0. The average Bonchev–Trinajstić information content (AvgIpc) is 3.21. The maximum atomic E-state index is 13.8. The summed E-state index contributed by atoms with van der Waals surface area (Å²) in [6.45, 7) is 4.06. The number of hydrazine groups is 1. The van der Waals surface area contributed by atoms with Gasteiger partial charge in [-0.25, -0.2) is 19.0 Å². The molecule has 0 spiro atoms. The van der Waals surface area contributed by atoms with Crippen LogP contribution in [0.1, 0.15) is 31.4 Å². The molecule has 2 aliphatic rings. The minimum atomic E-state index is -2.58. The quantitative estimate of drug-likeness (QED) is 0.414. The summed E-state index contributed by atoms with van der Waals surface area (Å²) in [6, 6.07) is 7.47. The Hall–Kier alpha value is -2.76. The number of alkyl halides is 2. The molecule has 2 aromatic heterocycles. The smallest absolute Gasteiger partial charge is 0.258 e. The third kappa shape index (κ3) is 4.01. The number of piperazine rings is 1. The number of halogens is 3. The zero-order valence-corrected chi connectivity index (χ0v) is 19.8. The van der Waals surface area contributed by atoms with Crippen molar-refractivity contribution in [2.24, 2.45) is 11.8 Å². The van der Waals surface area contributed by atoms with E-state index in [1.165, 1.54) is 11.3 Å². The zero-order chi connectivity index (χ0) is 24.2. The van der Waals surface area contributed by atoms with Crippen molar-refractivity contribution in [1.29, 1.82) is 0 Å². The molecule has 1 aromatic carbocycles. The van der Waals surface area contributed by atoms with Crippen molar-refractivity contribution in [1.82, 2.24) is 24.5 Å². The van der Waals surface area contributed by atoms with E-state index in [0.717, 1.165) is 5.56 Å². The molecule has 9 nitrogen and oxygen atoms in total. The lowest BCUT2D eigenvalue weighted by Gasteiger charge is -2.49. The highest BCUT2D eigenvalue weighted by Gasteiger charge is 2.50. The molecule has 1 saturated carbocycles. The van der Waals surface area contributed by atoms with E-state index in [9.17, 15) is 8.78 Å². The fourth-order valence-corrected chi connectivity index (χ4v) is 5.47. The molecule has 34 heavy (non-hydrogen) atoms. The van der Waals surface area contributed by atoms with Gasteiger partial charge in [0.15, 0.2) is 11.6 Å². The number of nitrogen functional groups attached to an aromatic ring is 1. The normalized spacial score (nSPS) is 22.1. The summed E-state index contributed by atoms with van der Waals surface area (Å²) >= 11 is 6.09. The third-order valence-corrected chi connectivity index (χ3v) is 7.14. The third-order valence-electron chi connectivity index (χ3n) is 6.88. The molecule has 2 unspecified atom stereocenters. The van der Waals surface area contributed by atoms with E-state index < -0.39 is 5.92 Å². The first-order chi connectivity index (χ1) is 16.1. The predicted molar refractivity (Wildman–Crippen MR) is 128 cm³/mol. The van der Waals surface area contributed by atoms with Crippen molar-refractivity contribution in [3.8, 4) is 0 Å². The Kier molecular flexibility index (Phi) is 5.73. The topological polar surface area (TPSA) is 105 Å². The Labute approximate surface area is 201 Å². The molecule has 0 bridgehead atoms. The summed E-state index contributed by atoms with van der Waals surface area (Å²) in [4.78, 5) is 9.07. The Bertz CT molecular complexity index is 1180. The molecule has 4 N–H and O–H groups in total. The molecule has 1 aliphatic heterocycles. The number of rotatable bonds is 5. The summed E-state index contributed by atoms with van der Waals surface area (Å²) in [7, 11) is 1.70. The number of aromatic nitrogens is 4. The van der Waals surface area contributed by atoms with Gasteiger partial charge >= 0.3 is 0 Å². The molecular formula is C22H28ClF2N9. The number of hydrogen-bond donors (Lipinski definition) is 2. The summed E-state index contributed by atoms with van der Waals surface area (Å²) in [5.74, 6) is 4.90. The molecule has 5 rings (SSSR count). The summed E-state index contributed by atoms with van der Waals surface area (Å²) in [5.41, 5.74) is 7.95. The van der Waals surface area contributed by atoms with Gasteiger partial charge in [-0.1, -0.05) is 23.7 Å². The monoisotopic (exact) mass is 491 g/mol. The van der Waals surface area contributed by atoms with Crippen molar-refractivity contribution < 1.29 is 8.78 Å². The lowest BCUT2D eigenvalue weighted by molar-refractivity contribution is -0.133. The van der Waals surface area contributed by atoms with Crippen LogP contribution < -0.4 is 21.5 Å². The van der Waals surface area contributed by atoms with Gasteiger partial charge in [-0.05, 0) is 30.5 Å². The van der Waals surface area contributed by atoms with Crippen LogP contribution in [0, 0.1) is 5.92 Å². The Morgan fingerprint density at radius 3 is 2.53 bits per heavy atom. The first-order valence-corrected chi connectivity index (χ1v) is 11.6. The van der Waals surface area contributed by atoms with E-state index in [1.54, 1.807) is 11.4 Å². The van der Waals surface area contributed by atoms with Crippen molar-refractivity contribution >= 4 is 34.7 Å². The summed E-state index contributed by atoms with van der Waals surface area (Å²) in [6.07, 6.45) is 1.33. The van der Waals surface area contributed by atoms with E-state index in [-0.39, 0.29) is 30.8 Å². The average molecular weight is 492 g/mol. The summed E-state index contributed by atoms with van der Waals surface area (Å²) < 4.78 is 29.3. The van der Waals surface area contributed by atoms with Gasteiger partial charge < -0.3 is 10.6 Å². The molecule has 3 heterocycles. The molecule has 0 radical (unpaired) electrons. The maximum absolute atomic E-state index is 13.8. The molecular weight excluding hydrogens is 464 g/mol. The minimum absolute atomic E-state index is 0.0280. The molecule has 182 valence electrons. The zero-order valence-electron chi connectivity index (χ0n) is 19.1. The Balaban J connectivity index is 1.42. The lowest BCUT2D eigenvalue weighted by Crippen LogP contribution is -2.56. The number of nitrogens with zero attached hydrogens (tertiary/aromatic N) is 7. The second-order valence-electron chi connectivity index (χ2n) is 9.34. The van der Waals surface area contributed by atoms with E-state index in [4.69, 9.17) is 23.2 Å². The van der Waals surface area contributed by atoms with Gasteiger partial charge in [0.25, 0.3) is 5.78 Å². The van der Waals surface area contributed by atoms with E-state index in [2.05, 4.69) is 31.9 Å². The van der Waals surface area contributed by atoms with Crippen molar-refractivity contribution in [2.75, 3.05) is 42.3 Å². The molecule has 3 aromatic rings. The van der Waals surface area contributed by atoms with Crippen LogP contribution >= 0.6 is 11.6 Å². The van der Waals surface area contributed by atoms with Gasteiger partial charge in [0, 0.05) is 56.6 Å². The first-order valence-electron chi connectivity index (χ1n) is 11.3. The minimum Gasteiger partial charge on any atom is -0.393 e. The molecule has 2 atom stereocenters. The molecule has 12 heteroatoms. The van der Waals surface area contributed by atoms with Crippen molar-refractivity contribution in [3.63, 3.8) is 0 Å².